The molecule has 0 radical (unpaired) electrons. The maximum atomic E-state index is 13.9. The lowest BCUT2D eigenvalue weighted by Crippen LogP contribution is -2.19. The molecule has 0 saturated heterocycles. The van der Waals surface area contributed by atoms with E-state index < -0.39 is 40.5 Å². The summed E-state index contributed by atoms with van der Waals surface area (Å²) >= 11 is 0. The van der Waals surface area contributed by atoms with E-state index in [0.717, 1.165) is 12.8 Å². The number of rotatable bonds is 4. The van der Waals surface area contributed by atoms with E-state index >= 15 is 0 Å². The summed E-state index contributed by atoms with van der Waals surface area (Å²) in [6, 6.07) is 6.27. The molecule has 4 nitrogen and oxygen atoms in total. The Balaban J connectivity index is 2.36. The van der Waals surface area contributed by atoms with Crippen LogP contribution in [0.3, 0.4) is 0 Å². The van der Waals surface area contributed by atoms with Crippen molar-refractivity contribution in [2.45, 2.75) is 0 Å². The van der Waals surface area contributed by atoms with Crippen LogP contribution in [0.15, 0.2) is 24.3 Å². The molecule has 0 bridgehead atoms. The van der Waals surface area contributed by atoms with Crippen molar-refractivity contribution in [3.05, 3.63) is 53.1 Å². The Labute approximate surface area is 135 Å². The predicted molar refractivity (Wildman–Crippen MR) is 81.5 cm³/mol. The lowest BCUT2D eigenvalue weighted by Gasteiger charge is -2.14. The SMILES string of the molecule is COc1c(F)c(F)c(C(=O)Nc2ccc(N(C)C)cc2)c(F)c1F. The molecule has 128 valence electrons. The van der Waals surface area contributed by atoms with Crippen molar-refractivity contribution in [3.8, 4) is 5.75 Å². The van der Waals surface area contributed by atoms with Crippen molar-refractivity contribution >= 4 is 17.3 Å². The zero-order chi connectivity index (χ0) is 18.0. The number of nitrogens with one attached hydrogen (secondary N) is 1. The Morgan fingerprint density at radius 1 is 0.958 bits per heavy atom. The molecule has 0 unspecified atom stereocenters. The molecule has 0 fully saturated rings. The highest BCUT2D eigenvalue weighted by atomic mass is 19.2. The normalized spacial score (nSPS) is 10.5. The third-order valence-corrected chi connectivity index (χ3v) is 3.30. The van der Waals surface area contributed by atoms with Crippen LogP contribution in [0.25, 0.3) is 0 Å². The molecular weight excluding hydrogens is 328 g/mol. The molecule has 2 aromatic carbocycles. The molecule has 0 spiro atoms. The highest BCUT2D eigenvalue weighted by Crippen LogP contribution is 2.30. The van der Waals surface area contributed by atoms with Gasteiger partial charge in [-0.1, -0.05) is 0 Å². The maximum Gasteiger partial charge on any atom is 0.261 e. The zero-order valence-corrected chi connectivity index (χ0v) is 13.1. The van der Waals surface area contributed by atoms with Crippen molar-refractivity contribution in [1.82, 2.24) is 0 Å². The van der Waals surface area contributed by atoms with Gasteiger partial charge in [0, 0.05) is 25.5 Å². The van der Waals surface area contributed by atoms with Crippen LogP contribution in [0.4, 0.5) is 28.9 Å². The maximum absolute atomic E-state index is 13.9. The van der Waals surface area contributed by atoms with Crippen molar-refractivity contribution in [1.29, 1.82) is 0 Å². The fourth-order valence-corrected chi connectivity index (χ4v) is 2.03. The van der Waals surface area contributed by atoms with Gasteiger partial charge in [-0.25, -0.2) is 8.78 Å². The van der Waals surface area contributed by atoms with Gasteiger partial charge >= 0.3 is 0 Å². The highest BCUT2D eigenvalue weighted by molar-refractivity contribution is 6.04. The Morgan fingerprint density at radius 2 is 1.46 bits per heavy atom. The largest absolute Gasteiger partial charge is 0.491 e. The van der Waals surface area contributed by atoms with E-state index in [1.54, 1.807) is 31.1 Å². The second kappa shape index (κ2) is 6.77. The first-order valence-corrected chi connectivity index (χ1v) is 6.76. The Hall–Kier alpha value is -2.77. The smallest absolute Gasteiger partial charge is 0.261 e. The number of hydrogen-bond acceptors (Lipinski definition) is 3. The van der Waals surface area contributed by atoms with Gasteiger partial charge < -0.3 is 15.0 Å². The fraction of sp³-hybridized carbons (Fsp3) is 0.188. The number of carbonyl (C=O) groups excluding carboxylic acids is 1. The lowest BCUT2D eigenvalue weighted by atomic mass is 10.1. The Kier molecular flexibility index (Phi) is 4.96. The minimum atomic E-state index is -1.83. The van der Waals surface area contributed by atoms with Gasteiger partial charge in [-0.15, -0.1) is 0 Å². The minimum Gasteiger partial charge on any atom is -0.491 e. The molecule has 2 aromatic rings. The molecule has 1 N–H and O–H groups in total. The number of ether oxygens (including phenoxy) is 1. The summed E-state index contributed by atoms with van der Waals surface area (Å²) in [7, 11) is 4.47. The van der Waals surface area contributed by atoms with Gasteiger partial charge in [-0.3, -0.25) is 4.79 Å². The molecule has 24 heavy (non-hydrogen) atoms. The van der Waals surface area contributed by atoms with Crippen LogP contribution in [-0.4, -0.2) is 27.1 Å². The van der Waals surface area contributed by atoms with Gasteiger partial charge in [-0.2, -0.15) is 8.78 Å². The molecule has 2 rings (SSSR count). The first kappa shape index (κ1) is 17.6. The van der Waals surface area contributed by atoms with Gasteiger partial charge in [0.25, 0.3) is 5.91 Å². The molecule has 1 amide bonds. The molecule has 0 saturated carbocycles. The summed E-state index contributed by atoms with van der Waals surface area (Å²) in [5.41, 5.74) is -0.324. The fourth-order valence-electron chi connectivity index (χ4n) is 2.03. The third kappa shape index (κ3) is 3.12. The number of halogens is 4. The average Bonchev–Trinajstić information content (AvgIpc) is 2.54. The van der Waals surface area contributed by atoms with Gasteiger partial charge in [0.1, 0.15) is 5.56 Å². The number of hydrogen-bond donors (Lipinski definition) is 1. The molecular formula is C16H14F4N2O2. The number of amides is 1. The summed E-state index contributed by atoms with van der Waals surface area (Å²) in [5, 5.41) is 2.19. The van der Waals surface area contributed by atoms with Crippen LogP contribution < -0.4 is 15.0 Å². The first-order chi connectivity index (χ1) is 11.3. The van der Waals surface area contributed by atoms with Gasteiger partial charge in [0.2, 0.25) is 11.6 Å². The summed E-state index contributed by atoms with van der Waals surface area (Å²) in [4.78, 5) is 13.8. The topological polar surface area (TPSA) is 41.6 Å². The van der Waals surface area contributed by atoms with Crippen LogP contribution >= 0.6 is 0 Å². The number of carbonyl (C=O) groups is 1. The summed E-state index contributed by atoms with van der Waals surface area (Å²) in [6.07, 6.45) is 0. The van der Waals surface area contributed by atoms with Crippen molar-refractivity contribution in [2.24, 2.45) is 0 Å². The quantitative estimate of drug-likeness (QED) is 0.682. The molecule has 8 heteroatoms. The molecule has 0 aromatic heterocycles. The van der Waals surface area contributed by atoms with Crippen molar-refractivity contribution < 1.29 is 27.1 Å². The van der Waals surface area contributed by atoms with Crippen LogP contribution in [-0.2, 0) is 0 Å². The minimum absolute atomic E-state index is 0.209. The number of nitrogens with zero attached hydrogens (tertiary/aromatic N) is 1. The van der Waals surface area contributed by atoms with Crippen molar-refractivity contribution in [2.75, 3.05) is 31.4 Å². The molecule has 0 aliphatic rings. The van der Waals surface area contributed by atoms with E-state index in [-0.39, 0.29) is 5.69 Å². The summed E-state index contributed by atoms with van der Waals surface area (Å²) in [6.45, 7) is 0. The van der Waals surface area contributed by atoms with Crippen LogP contribution in [0.1, 0.15) is 10.4 Å². The summed E-state index contributed by atoms with van der Waals surface area (Å²) < 4.78 is 59.3. The van der Waals surface area contributed by atoms with E-state index in [4.69, 9.17) is 0 Å². The van der Waals surface area contributed by atoms with E-state index in [9.17, 15) is 22.4 Å². The first-order valence-electron chi connectivity index (χ1n) is 6.76. The van der Waals surface area contributed by atoms with Crippen LogP contribution in [0.2, 0.25) is 0 Å². The average molecular weight is 342 g/mol. The monoisotopic (exact) mass is 342 g/mol. The molecule has 0 atom stereocenters. The van der Waals surface area contributed by atoms with E-state index in [0.29, 0.717) is 0 Å². The van der Waals surface area contributed by atoms with E-state index in [1.165, 1.54) is 12.1 Å². The highest BCUT2D eigenvalue weighted by Gasteiger charge is 2.30. The van der Waals surface area contributed by atoms with Crippen LogP contribution in [0, 0.1) is 23.3 Å². The standard InChI is InChI=1S/C16H14F4N2O2/c1-22(2)9-6-4-8(5-7-9)21-16(23)10-11(17)13(19)15(24-3)14(20)12(10)18/h4-7H,1-3H3,(H,21,23). The zero-order valence-electron chi connectivity index (χ0n) is 13.1. The van der Waals surface area contributed by atoms with Gasteiger partial charge in [0.15, 0.2) is 17.4 Å². The van der Waals surface area contributed by atoms with Gasteiger partial charge in [-0.05, 0) is 24.3 Å². The predicted octanol–water partition coefficient (Wildman–Crippen LogP) is 3.57. The lowest BCUT2D eigenvalue weighted by molar-refractivity contribution is 0.101. The Bertz CT molecular complexity index is 748. The Morgan fingerprint density at radius 3 is 1.88 bits per heavy atom. The van der Waals surface area contributed by atoms with E-state index in [1.807, 2.05) is 0 Å². The number of anilines is 2. The van der Waals surface area contributed by atoms with Crippen molar-refractivity contribution in [3.63, 3.8) is 0 Å². The molecule has 0 aliphatic carbocycles. The number of methoxy groups -OCH3 is 1. The third-order valence-electron chi connectivity index (χ3n) is 3.30. The van der Waals surface area contributed by atoms with Crippen LogP contribution in [0.5, 0.6) is 5.75 Å². The van der Waals surface area contributed by atoms with Gasteiger partial charge in [0.05, 0.1) is 7.11 Å². The van der Waals surface area contributed by atoms with E-state index in [2.05, 4.69) is 10.1 Å². The molecule has 0 aliphatic heterocycles. The number of benzene rings is 2. The second-order valence-corrected chi connectivity index (χ2v) is 5.06. The molecule has 0 heterocycles. The second-order valence-electron chi connectivity index (χ2n) is 5.06. The summed E-state index contributed by atoms with van der Waals surface area (Å²) in [5.74, 6) is -9.74.